The van der Waals surface area contributed by atoms with E-state index in [4.69, 9.17) is 10.5 Å². The number of benzene rings is 2. The average molecular weight is 420 g/mol. The third kappa shape index (κ3) is 4.63. The van der Waals surface area contributed by atoms with E-state index in [0.717, 1.165) is 6.07 Å². The Morgan fingerprint density at radius 2 is 1.90 bits per heavy atom. The predicted molar refractivity (Wildman–Crippen MR) is 107 cm³/mol. The number of nitrogens with one attached hydrogen (secondary N) is 2. The summed E-state index contributed by atoms with van der Waals surface area (Å²) in [5, 5.41) is 26.7. The Morgan fingerprint density at radius 1 is 1.23 bits per heavy atom. The molecule has 0 saturated carbocycles. The normalized spacial score (nSPS) is 10.4. The van der Waals surface area contributed by atoms with Gasteiger partial charge in [0.25, 0.3) is 0 Å². The van der Waals surface area contributed by atoms with Crippen molar-refractivity contribution in [1.82, 2.24) is 0 Å². The number of anilines is 2. The second kappa shape index (κ2) is 9.18. The molecule has 160 valence electrons. The van der Waals surface area contributed by atoms with Gasteiger partial charge in [0.05, 0.1) is 22.8 Å². The van der Waals surface area contributed by atoms with Gasteiger partial charge in [0.15, 0.2) is 5.75 Å². The van der Waals surface area contributed by atoms with E-state index in [-0.39, 0.29) is 35.7 Å². The SMILES string of the molecule is CCC(=O)Nc1c(C)c(C)c([N+](=O)[O-])c(O)c1Oc1ccc(NC(=O)CN)c(F)c1. The Hall–Kier alpha value is -3.73. The molecule has 0 atom stereocenters. The number of hydrogen-bond acceptors (Lipinski definition) is 7. The van der Waals surface area contributed by atoms with Crippen LogP contribution in [0.1, 0.15) is 24.5 Å². The number of phenols is 1. The van der Waals surface area contributed by atoms with Gasteiger partial charge in [-0.25, -0.2) is 4.39 Å². The van der Waals surface area contributed by atoms with Crippen molar-refractivity contribution < 1.29 is 28.7 Å². The quantitative estimate of drug-likeness (QED) is 0.396. The highest BCUT2D eigenvalue weighted by Gasteiger charge is 2.29. The lowest BCUT2D eigenvalue weighted by Crippen LogP contribution is -2.22. The smallest absolute Gasteiger partial charge is 0.317 e. The highest BCUT2D eigenvalue weighted by Crippen LogP contribution is 2.48. The predicted octanol–water partition coefficient (Wildman–Crippen LogP) is 3.09. The van der Waals surface area contributed by atoms with Crippen molar-refractivity contribution in [2.24, 2.45) is 5.73 Å². The van der Waals surface area contributed by atoms with Crippen molar-refractivity contribution in [3.8, 4) is 17.2 Å². The van der Waals surface area contributed by atoms with E-state index >= 15 is 0 Å². The number of phenolic OH excluding ortho intramolecular Hbond substituents is 1. The first kappa shape index (κ1) is 22.6. The zero-order valence-corrected chi connectivity index (χ0v) is 16.5. The second-order valence-electron chi connectivity index (χ2n) is 6.31. The van der Waals surface area contributed by atoms with Crippen molar-refractivity contribution in [2.75, 3.05) is 17.2 Å². The number of halogens is 1. The van der Waals surface area contributed by atoms with Crippen molar-refractivity contribution in [3.05, 3.63) is 45.3 Å². The number of rotatable bonds is 7. The number of nitrogens with zero attached hydrogens (tertiary/aromatic N) is 1. The van der Waals surface area contributed by atoms with Crippen LogP contribution in [-0.4, -0.2) is 28.4 Å². The minimum atomic E-state index is -0.855. The number of carbonyl (C=O) groups is 2. The molecule has 10 nitrogen and oxygen atoms in total. The minimum absolute atomic E-state index is 0.0309. The number of carbonyl (C=O) groups excluding carboxylic acids is 2. The van der Waals surface area contributed by atoms with Crippen molar-refractivity contribution >= 4 is 28.9 Å². The molecule has 2 aromatic carbocycles. The first-order chi connectivity index (χ1) is 14.1. The lowest BCUT2D eigenvalue weighted by atomic mass is 10.0. The largest absolute Gasteiger partial charge is 0.499 e. The molecule has 0 heterocycles. The molecule has 2 amide bonds. The Balaban J connectivity index is 2.56. The number of aromatic hydroxyl groups is 1. The lowest BCUT2D eigenvalue weighted by molar-refractivity contribution is -0.386. The summed E-state index contributed by atoms with van der Waals surface area (Å²) >= 11 is 0. The third-order valence-electron chi connectivity index (χ3n) is 4.35. The van der Waals surface area contributed by atoms with E-state index in [1.807, 2.05) is 0 Å². The fourth-order valence-electron chi connectivity index (χ4n) is 2.62. The average Bonchev–Trinajstić information content (AvgIpc) is 2.70. The molecule has 0 fully saturated rings. The van der Waals surface area contributed by atoms with Crippen LogP contribution in [0.25, 0.3) is 0 Å². The van der Waals surface area contributed by atoms with E-state index < -0.39 is 39.7 Å². The summed E-state index contributed by atoms with van der Waals surface area (Å²) in [5.41, 5.74) is 4.92. The topological polar surface area (TPSA) is 157 Å². The van der Waals surface area contributed by atoms with E-state index in [1.54, 1.807) is 6.92 Å². The number of nitro groups is 1. The van der Waals surface area contributed by atoms with Crippen molar-refractivity contribution in [3.63, 3.8) is 0 Å². The maximum Gasteiger partial charge on any atom is 0.317 e. The first-order valence-corrected chi connectivity index (χ1v) is 8.88. The highest BCUT2D eigenvalue weighted by atomic mass is 19.1. The minimum Gasteiger partial charge on any atom is -0.499 e. The fraction of sp³-hybridized carbons (Fsp3) is 0.263. The molecule has 0 aromatic heterocycles. The summed E-state index contributed by atoms with van der Waals surface area (Å²) in [6, 6.07) is 3.40. The molecule has 0 spiro atoms. The molecule has 30 heavy (non-hydrogen) atoms. The molecule has 2 aromatic rings. The number of nitrogens with two attached hydrogens (primary N) is 1. The maximum absolute atomic E-state index is 14.3. The van der Waals surface area contributed by atoms with Gasteiger partial charge in [-0.1, -0.05) is 6.92 Å². The first-order valence-electron chi connectivity index (χ1n) is 8.88. The molecule has 0 unspecified atom stereocenters. The number of hydrogen-bond donors (Lipinski definition) is 4. The van der Waals surface area contributed by atoms with Crippen LogP contribution in [0.15, 0.2) is 18.2 Å². The molecule has 0 aliphatic heterocycles. The molecule has 0 saturated heterocycles. The number of amides is 2. The Morgan fingerprint density at radius 3 is 2.43 bits per heavy atom. The van der Waals surface area contributed by atoms with E-state index in [0.29, 0.717) is 5.56 Å². The van der Waals surface area contributed by atoms with Crippen LogP contribution in [0.4, 0.5) is 21.5 Å². The van der Waals surface area contributed by atoms with Gasteiger partial charge in [-0.05, 0) is 31.5 Å². The third-order valence-corrected chi connectivity index (χ3v) is 4.35. The van der Waals surface area contributed by atoms with Gasteiger partial charge in [0.2, 0.25) is 17.6 Å². The molecular formula is C19H21FN4O6. The summed E-state index contributed by atoms with van der Waals surface area (Å²) in [7, 11) is 0. The summed E-state index contributed by atoms with van der Waals surface area (Å²) in [4.78, 5) is 33.9. The maximum atomic E-state index is 14.3. The molecule has 11 heteroatoms. The van der Waals surface area contributed by atoms with Crippen molar-refractivity contribution in [2.45, 2.75) is 27.2 Å². The second-order valence-corrected chi connectivity index (χ2v) is 6.31. The zero-order valence-electron chi connectivity index (χ0n) is 16.5. The van der Waals surface area contributed by atoms with E-state index in [2.05, 4.69) is 10.6 Å². The lowest BCUT2D eigenvalue weighted by Gasteiger charge is -2.18. The van der Waals surface area contributed by atoms with Crippen LogP contribution in [0.5, 0.6) is 17.2 Å². The van der Waals surface area contributed by atoms with Crippen LogP contribution in [-0.2, 0) is 9.59 Å². The Kier molecular flexibility index (Phi) is 6.90. The van der Waals surface area contributed by atoms with Gasteiger partial charge < -0.3 is 26.2 Å². The highest BCUT2D eigenvalue weighted by molar-refractivity contribution is 5.95. The summed E-state index contributed by atoms with van der Waals surface area (Å²) < 4.78 is 19.8. The summed E-state index contributed by atoms with van der Waals surface area (Å²) in [6.45, 7) is 4.21. The van der Waals surface area contributed by atoms with Crippen LogP contribution in [0.2, 0.25) is 0 Å². The summed E-state index contributed by atoms with van der Waals surface area (Å²) in [6.07, 6.45) is 0.111. The Labute approximate surface area is 171 Å². The van der Waals surface area contributed by atoms with Gasteiger partial charge in [0, 0.05) is 18.1 Å². The van der Waals surface area contributed by atoms with Gasteiger partial charge in [-0.15, -0.1) is 0 Å². The molecule has 5 N–H and O–H groups in total. The summed E-state index contributed by atoms with van der Waals surface area (Å²) in [5.74, 6) is -3.21. The van der Waals surface area contributed by atoms with Crippen LogP contribution >= 0.6 is 0 Å². The molecule has 2 rings (SSSR count). The van der Waals surface area contributed by atoms with E-state index in [9.17, 15) is 29.2 Å². The van der Waals surface area contributed by atoms with Crippen molar-refractivity contribution in [1.29, 1.82) is 0 Å². The number of nitro benzene ring substituents is 1. The molecule has 0 aliphatic carbocycles. The van der Waals surface area contributed by atoms with E-state index in [1.165, 1.54) is 26.0 Å². The van der Waals surface area contributed by atoms with Gasteiger partial charge >= 0.3 is 5.69 Å². The zero-order chi connectivity index (χ0) is 22.6. The standard InChI is InChI=1S/C19H21FN4O6/c1-4-14(25)23-16-9(2)10(3)17(24(28)29)18(27)19(16)30-11-5-6-13(12(20)7-11)22-15(26)8-21/h5-7,27H,4,8,21H2,1-3H3,(H,22,26)(H,23,25). The molecule has 0 aliphatic rings. The number of ether oxygens (including phenoxy) is 1. The van der Waals surface area contributed by atoms with Crippen LogP contribution in [0, 0.1) is 29.8 Å². The molecule has 0 radical (unpaired) electrons. The van der Waals surface area contributed by atoms with Gasteiger partial charge in [-0.2, -0.15) is 0 Å². The van der Waals surface area contributed by atoms with Crippen LogP contribution in [0.3, 0.4) is 0 Å². The monoisotopic (exact) mass is 420 g/mol. The molecular weight excluding hydrogens is 399 g/mol. The van der Waals surface area contributed by atoms with Gasteiger partial charge in [0.1, 0.15) is 11.6 Å². The Bertz CT molecular complexity index is 1020. The van der Waals surface area contributed by atoms with Crippen LogP contribution < -0.4 is 21.1 Å². The molecule has 0 bridgehead atoms. The fourth-order valence-corrected chi connectivity index (χ4v) is 2.62. The van der Waals surface area contributed by atoms with Gasteiger partial charge in [-0.3, -0.25) is 19.7 Å².